The highest BCUT2D eigenvalue weighted by molar-refractivity contribution is 5.81. The van der Waals surface area contributed by atoms with Crippen molar-refractivity contribution < 1.29 is 4.79 Å². The molecule has 1 N–H and O–H groups in total. The summed E-state index contributed by atoms with van der Waals surface area (Å²) in [5, 5.41) is 3.08. The van der Waals surface area contributed by atoms with Gasteiger partial charge >= 0.3 is 0 Å². The molecule has 0 radical (unpaired) electrons. The standard InChI is InChI=1S/C13H21NO/c1-13(2,3)12(15)14-8-11-7-9-4-5-10(11)6-9/h4-5,9-11H,6-8H2,1-3H3,(H,14,15)/t9-,10+,11-/m0/s1. The lowest BCUT2D eigenvalue weighted by Crippen LogP contribution is -2.38. The molecule has 0 saturated heterocycles. The highest BCUT2D eigenvalue weighted by atomic mass is 16.2. The molecule has 84 valence electrons. The van der Waals surface area contributed by atoms with Gasteiger partial charge in [-0.25, -0.2) is 0 Å². The van der Waals surface area contributed by atoms with Gasteiger partial charge in [0.25, 0.3) is 0 Å². The largest absolute Gasteiger partial charge is 0.355 e. The van der Waals surface area contributed by atoms with E-state index >= 15 is 0 Å². The number of carbonyl (C=O) groups is 1. The van der Waals surface area contributed by atoms with E-state index in [1.165, 1.54) is 12.8 Å². The summed E-state index contributed by atoms with van der Waals surface area (Å²) in [4.78, 5) is 11.7. The average molecular weight is 207 g/mol. The van der Waals surface area contributed by atoms with Crippen molar-refractivity contribution in [3.8, 4) is 0 Å². The summed E-state index contributed by atoms with van der Waals surface area (Å²) in [5.74, 6) is 2.39. The van der Waals surface area contributed by atoms with E-state index in [-0.39, 0.29) is 11.3 Å². The van der Waals surface area contributed by atoms with Gasteiger partial charge in [-0.2, -0.15) is 0 Å². The molecule has 15 heavy (non-hydrogen) atoms. The Morgan fingerprint density at radius 3 is 2.53 bits per heavy atom. The maximum Gasteiger partial charge on any atom is 0.225 e. The van der Waals surface area contributed by atoms with E-state index < -0.39 is 0 Å². The normalized spacial score (nSPS) is 33.4. The van der Waals surface area contributed by atoms with Gasteiger partial charge in [0.1, 0.15) is 0 Å². The van der Waals surface area contributed by atoms with Crippen LogP contribution in [0.15, 0.2) is 12.2 Å². The van der Waals surface area contributed by atoms with Gasteiger partial charge in [-0.1, -0.05) is 32.9 Å². The van der Waals surface area contributed by atoms with E-state index in [4.69, 9.17) is 0 Å². The third-order valence-electron chi connectivity index (χ3n) is 3.62. The molecule has 2 bridgehead atoms. The first-order chi connectivity index (χ1) is 6.97. The van der Waals surface area contributed by atoms with Crippen molar-refractivity contribution in [2.75, 3.05) is 6.54 Å². The van der Waals surface area contributed by atoms with Crippen molar-refractivity contribution in [3.63, 3.8) is 0 Å². The second-order valence-corrected chi connectivity index (χ2v) is 6.00. The number of nitrogens with one attached hydrogen (secondary N) is 1. The van der Waals surface area contributed by atoms with E-state index in [1.807, 2.05) is 20.8 Å². The summed E-state index contributed by atoms with van der Waals surface area (Å²) in [5.41, 5.74) is -0.256. The average Bonchev–Trinajstić information content (AvgIpc) is 2.73. The molecule has 0 heterocycles. The van der Waals surface area contributed by atoms with Crippen LogP contribution in [0.2, 0.25) is 0 Å². The van der Waals surface area contributed by atoms with Crippen LogP contribution in [0.3, 0.4) is 0 Å². The number of hydrogen-bond acceptors (Lipinski definition) is 1. The summed E-state index contributed by atoms with van der Waals surface area (Å²) in [6.07, 6.45) is 7.26. The van der Waals surface area contributed by atoms with Gasteiger partial charge in [-0.05, 0) is 30.6 Å². The van der Waals surface area contributed by atoms with Gasteiger partial charge in [0.05, 0.1) is 0 Å². The maximum atomic E-state index is 11.7. The lowest BCUT2D eigenvalue weighted by atomic mass is 9.92. The van der Waals surface area contributed by atoms with Crippen LogP contribution in [0.25, 0.3) is 0 Å². The summed E-state index contributed by atoms with van der Waals surface area (Å²) in [7, 11) is 0. The number of fused-ring (bicyclic) bond motifs is 2. The predicted molar refractivity (Wildman–Crippen MR) is 61.3 cm³/mol. The zero-order chi connectivity index (χ0) is 11.1. The van der Waals surface area contributed by atoms with Crippen molar-refractivity contribution in [2.45, 2.75) is 33.6 Å². The second-order valence-electron chi connectivity index (χ2n) is 6.00. The van der Waals surface area contributed by atoms with E-state index in [2.05, 4.69) is 17.5 Å². The minimum absolute atomic E-state index is 0.175. The molecule has 2 heteroatoms. The minimum Gasteiger partial charge on any atom is -0.355 e. The molecule has 0 unspecified atom stereocenters. The zero-order valence-electron chi connectivity index (χ0n) is 9.92. The predicted octanol–water partition coefficient (Wildman–Crippen LogP) is 2.36. The summed E-state index contributed by atoms with van der Waals surface area (Å²) < 4.78 is 0. The molecule has 0 aromatic carbocycles. The number of amides is 1. The Labute approximate surface area is 92.1 Å². The molecule has 2 rings (SSSR count). The fraction of sp³-hybridized carbons (Fsp3) is 0.769. The molecule has 3 atom stereocenters. The molecule has 1 fully saturated rings. The van der Waals surface area contributed by atoms with Crippen LogP contribution in [-0.2, 0) is 4.79 Å². The van der Waals surface area contributed by atoms with E-state index in [1.54, 1.807) is 0 Å². The van der Waals surface area contributed by atoms with Crippen LogP contribution in [0.1, 0.15) is 33.6 Å². The maximum absolute atomic E-state index is 11.7. The topological polar surface area (TPSA) is 29.1 Å². The highest BCUT2D eigenvalue weighted by Crippen LogP contribution is 2.42. The van der Waals surface area contributed by atoms with E-state index in [9.17, 15) is 4.79 Å². The van der Waals surface area contributed by atoms with Crippen LogP contribution in [0.4, 0.5) is 0 Å². The number of rotatable bonds is 2. The SMILES string of the molecule is CC(C)(C)C(=O)NC[C@@H]1C[C@H]2C=C[C@@H]1C2. The molecule has 0 aliphatic heterocycles. The molecule has 0 aromatic heterocycles. The molecule has 0 aromatic rings. The highest BCUT2D eigenvalue weighted by Gasteiger charge is 2.35. The van der Waals surface area contributed by atoms with Gasteiger partial charge < -0.3 is 5.32 Å². The molecule has 2 nitrogen and oxygen atoms in total. The van der Waals surface area contributed by atoms with Crippen molar-refractivity contribution in [1.29, 1.82) is 0 Å². The first kappa shape index (κ1) is 10.7. The minimum atomic E-state index is -0.256. The first-order valence-electron chi connectivity index (χ1n) is 5.93. The monoisotopic (exact) mass is 207 g/mol. The molecular weight excluding hydrogens is 186 g/mol. The van der Waals surface area contributed by atoms with Gasteiger partial charge in [-0.3, -0.25) is 4.79 Å². The van der Waals surface area contributed by atoms with Gasteiger partial charge in [-0.15, -0.1) is 0 Å². The summed E-state index contributed by atoms with van der Waals surface area (Å²) in [6.45, 7) is 6.75. The molecule has 2 aliphatic rings. The van der Waals surface area contributed by atoms with Crippen LogP contribution >= 0.6 is 0 Å². The summed E-state index contributed by atoms with van der Waals surface area (Å²) in [6, 6.07) is 0. The Balaban J connectivity index is 1.80. The number of hydrogen-bond donors (Lipinski definition) is 1. The molecule has 0 spiro atoms. The van der Waals surface area contributed by atoms with Gasteiger partial charge in [0.2, 0.25) is 5.91 Å². The fourth-order valence-electron chi connectivity index (χ4n) is 2.62. The Hall–Kier alpha value is -0.790. The van der Waals surface area contributed by atoms with Crippen molar-refractivity contribution in [2.24, 2.45) is 23.2 Å². The fourth-order valence-corrected chi connectivity index (χ4v) is 2.62. The van der Waals surface area contributed by atoms with E-state index in [0.29, 0.717) is 5.92 Å². The Morgan fingerprint density at radius 1 is 1.33 bits per heavy atom. The zero-order valence-corrected chi connectivity index (χ0v) is 9.92. The molecular formula is C13H21NO. The lowest BCUT2D eigenvalue weighted by molar-refractivity contribution is -0.128. The molecule has 2 aliphatic carbocycles. The van der Waals surface area contributed by atoms with Crippen molar-refractivity contribution in [3.05, 3.63) is 12.2 Å². The Kier molecular flexibility index (Phi) is 2.61. The first-order valence-corrected chi connectivity index (χ1v) is 5.93. The van der Waals surface area contributed by atoms with Gasteiger partial charge in [0.15, 0.2) is 0 Å². The third kappa shape index (κ3) is 2.24. The lowest BCUT2D eigenvalue weighted by Gasteiger charge is -2.22. The third-order valence-corrected chi connectivity index (χ3v) is 3.62. The van der Waals surface area contributed by atoms with Crippen LogP contribution < -0.4 is 5.32 Å². The van der Waals surface area contributed by atoms with E-state index in [0.717, 1.165) is 18.4 Å². The van der Waals surface area contributed by atoms with Crippen LogP contribution in [0.5, 0.6) is 0 Å². The van der Waals surface area contributed by atoms with Crippen LogP contribution in [-0.4, -0.2) is 12.5 Å². The second kappa shape index (κ2) is 3.66. The quantitative estimate of drug-likeness (QED) is 0.692. The van der Waals surface area contributed by atoms with Gasteiger partial charge in [0, 0.05) is 12.0 Å². The Bertz CT molecular complexity index is 287. The molecule has 1 saturated carbocycles. The Morgan fingerprint density at radius 2 is 2.07 bits per heavy atom. The smallest absolute Gasteiger partial charge is 0.225 e. The van der Waals surface area contributed by atoms with Crippen LogP contribution in [0, 0.1) is 23.2 Å². The number of carbonyl (C=O) groups excluding carboxylic acids is 1. The molecule has 1 amide bonds. The number of allylic oxidation sites excluding steroid dienone is 2. The van der Waals surface area contributed by atoms with Crippen molar-refractivity contribution in [1.82, 2.24) is 5.32 Å². The van der Waals surface area contributed by atoms with Crippen molar-refractivity contribution >= 4 is 5.91 Å². The summed E-state index contributed by atoms with van der Waals surface area (Å²) >= 11 is 0.